The molecular formula is C35H36N4O7S. The van der Waals surface area contributed by atoms with Crippen LogP contribution in [-0.4, -0.2) is 69.5 Å². The van der Waals surface area contributed by atoms with Crippen molar-refractivity contribution in [3.8, 4) is 11.1 Å². The number of hydrogen-bond acceptors (Lipinski definition) is 7. The summed E-state index contributed by atoms with van der Waals surface area (Å²) >= 11 is 1.28. The van der Waals surface area contributed by atoms with Crippen molar-refractivity contribution in [2.45, 2.75) is 42.8 Å². The molecule has 11 nitrogen and oxygen atoms in total. The number of β-lactam (4-membered cyclic amide) rings is 1. The lowest BCUT2D eigenvalue weighted by atomic mass is 9.87. The van der Waals surface area contributed by atoms with E-state index in [1.54, 1.807) is 0 Å². The average molecular weight is 657 g/mol. The summed E-state index contributed by atoms with van der Waals surface area (Å²) in [5.74, 6) is -2.26. The minimum Gasteiger partial charge on any atom is -0.481 e. The molecule has 2 aromatic rings. The number of thioether (sulfide) groups is 1. The van der Waals surface area contributed by atoms with Gasteiger partial charge in [0.1, 0.15) is 22.9 Å². The number of amides is 4. The van der Waals surface area contributed by atoms with E-state index >= 15 is 0 Å². The Hall–Kier alpha value is -5.10. The number of carboxylic acid groups (broad SMARTS) is 1. The third-order valence-corrected chi connectivity index (χ3v) is 9.84. The Morgan fingerprint density at radius 3 is 2.13 bits per heavy atom. The van der Waals surface area contributed by atoms with Gasteiger partial charge in [0, 0.05) is 18.7 Å². The molecule has 12 heteroatoms. The molecule has 244 valence electrons. The number of nitrogens with zero attached hydrogens (tertiary/aromatic N) is 1. The SMILES string of the molecule is C=CC1(C(=O)O)CS[C@@H]2C(NC(=O)CCCC(NC(N)=O)C(=O)OC(c3ccccc3)c3ccccc3)C(=O)N2C1.c1cc2cc-2c1. The Kier molecular flexibility index (Phi) is 10.3. The smallest absolute Gasteiger partial charge is 0.329 e. The molecule has 0 spiro atoms. The summed E-state index contributed by atoms with van der Waals surface area (Å²) in [5, 5.41) is 14.3. The number of carbonyl (C=O) groups excluding carboxylic acids is 4. The molecule has 5 N–H and O–H groups in total. The highest BCUT2D eigenvalue weighted by molar-refractivity contribution is 8.00. The van der Waals surface area contributed by atoms with Crippen molar-refractivity contribution in [2.24, 2.45) is 11.1 Å². The molecule has 0 bridgehead atoms. The average Bonchev–Trinajstić information content (AvgIpc) is 3.68. The van der Waals surface area contributed by atoms with Crippen molar-refractivity contribution in [1.82, 2.24) is 15.5 Å². The van der Waals surface area contributed by atoms with Crippen LogP contribution in [0.15, 0.2) is 97.6 Å². The quantitative estimate of drug-likeness (QED) is 0.101. The number of nitrogens with one attached hydrogen (secondary N) is 2. The minimum atomic E-state index is -1.22. The molecule has 47 heavy (non-hydrogen) atoms. The first-order chi connectivity index (χ1) is 22.6. The number of carboxylic acids is 1. The third-order valence-electron chi connectivity index (χ3n) is 8.29. The number of urea groups is 1. The molecule has 2 aliphatic heterocycles. The summed E-state index contributed by atoms with van der Waals surface area (Å²) in [4.78, 5) is 63.2. The van der Waals surface area contributed by atoms with Crippen molar-refractivity contribution in [1.29, 1.82) is 0 Å². The number of hydrogen-bond donors (Lipinski definition) is 4. The molecule has 0 aromatic heterocycles. The molecule has 2 saturated heterocycles. The largest absolute Gasteiger partial charge is 0.481 e. The number of carbonyl (C=O) groups is 5. The molecule has 0 saturated carbocycles. The number of aliphatic carboxylic acids is 1. The monoisotopic (exact) mass is 656 g/mol. The van der Waals surface area contributed by atoms with E-state index in [4.69, 9.17) is 10.5 Å². The first kappa shape index (κ1) is 33.3. The molecular weight excluding hydrogens is 620 g/mol. The van der Waals surface area contributed by atoms with Gasteiger partial charge in [-0.1, -0.05) is 84.9 Å². The maximum atomic E-state index is 13.2. The van der Waals surface area contributed by atoms with E-state index in [9.17, 15) is 29.1 Å². The zero-order valence-electron chi connectivity index (χ0n) is 25.5. The Bertz CT molecular complexity index is 1600. The van der Waals surface area contributed by atoms with Crippen molar-refractivity contribution in [3.63, 3.8) is 0 Å². The molecule has 3 unspecified atom stereocenters. The number of nitrogens with two attached hydrogens (primary N) is 1. The van der Waals surface area contributed by atoms with Crippen LogP contribution < -0.4 is 16.4 Å². The van der Waals surface area contributed by atoms with Crippen molar-refractivity contribution in [2.75, 3.05) is 12.3 Å². The second-order valence-corrected chi connectivity index (χ2v) is 12.7. The van der Waals surface area contributed by atoms with Gasteiger partial charge in [0.25, 0.3) is 0 Å². The lowest BCUT2D eigenvalue weighted by molar-refractivity contribution is -0.156. The molecule has 4 atom stereocenters. The van der Waals surface area contributed by atoms with Gasteiger partial charge < -0.3 is 31.1 Å². The number of rotatable bonds is 12. The normalized spacial score (nSPS) is 20.7. The van der Waals surface area contributed by atoms with Gasteiger partial charge in [-0.25, -0.2) is 9.59 Å². The number of esters is 1. The van der Waals surface area contributed by atoms with Gasteiger partial charge in [-0.15, -0.1) is 18.3 Å². The summed E-state index contributed by atoms with van der Waals surface area (Å²) in [7, 11) is 0. The van der Waals surface area contributed by atoms with Crippen LogP contribution >= 0.6 is 11.8 Å². The van der Waals surface area contributed by atoms with Crippen molar-refractivity contribution in [3.05, 3.63) is 109 Å². The maximum absolute atomic E-state index is 13.2. The number of primary amides is 1. The van der Waals surface area contributed by atoms with Crippen molar-refractivity contribution >= 4 is 41.5 Å². The van der Waals surface area contributed by atoms with E-state index in [1.807, 2.05) is 60.7 Å². The van der Waals surface area contributed by atoms with E-state index in [0.29, 0.717) is 0 Å². The molecule has 0 radical (unpaired) electrons. The third kappa shape index (κ3) is 7.83. The standard InChI is InChI=1S/C29H32N4O7S.C6H4/c1-2-29(27(37)38)16-33-24(35)22(25(33)41-17-29)32-21(34)15-9-14-20(31-28(30)39)26(36)40-23(18-10-5-3-6-11-18)19-12-7-4-8-13-19;1-2-5-4-6(5)3-1/h2-8,10-13,20,22-23,25H,1,9,14-17H2,(H,32,34)(H,37,38)(H3,30,31,39);1-4H/t20?,22?,25-,29?;/m1./s1. The van der Waals surface area contributed by atoms with Gasteiger partial charge in [-0.2, -0.15) is 0 Å². The lowest BCUT2D eigenvalue weighted by Gasteiger charge is -2.53. The highest BCUT2D eigenvalue weighted by atomic mass is 32.2. The van der Waals surface area contributed by atoms with Crippen LogP contribution in [0, 0.1) is 5.41 Å². The van der Waals surface area contributed by atoms with E-state index in [2.05, 4.69) is 41.5 Å². The Morgan fingerprint density at radius 1 is 1.02 bits per heavy atom. The first-order valence-electron chi connectivity index (χ1n) is 15.2. The summed E-state index contributed by atoms with van der Waals surface area (Å²) in [6, 6.07) is 24.1. The van der Waals surface area contributed by atoms with Crippen LogP contribution in [-0.2, 0) is 23.9 Å². The molecule has 6 rings (SSSR count). The maximum Gasteiger partial charge on any atom is 0.329 e. The zero-order valence-corrected chi connectivity index (χ0v) is 26.4. The predicted molar refractivity (Wildman–Crippen MR) is 177 cm³/mol. The molecule has 4 amide bonds. The van der Waals surface area contributed by atoms with Crippen molar-refractivity contribution < 1.29 is 33.8 Å². The summed E-state index contributed by atoms with van der Waals surface area (Å²) in [5.41, 5.74) is 8.44. The summed E-state index contributed by atoms with van der Waals surface area (Å²) in [6.07, 6.45) is 0.897. The van der Waals surface area contributed by atoms with Crippen LogP contribution in [0.2, 0.25) is 0 Å². The van der Waals surface area contributed by atoms with E-state index in [1.165, 1.54) is 33.9 Å². The topological polar surface area (TPSA) is 168 Å². The van der Waals surface area contributed by atoms with Gasteiger partial charge >= 0.3 is 18.0 Å². The summed E-state index contributed by atoms with van der Waals surface area (Å²) < 4.78 is 5.84. The fourth-order valence-corrected chi connectivity index (χ4v) is 7.06. The Labute approximate surface area is 276 Å². The Balaban J connectivity index is 0.000000638. The van der Waals surface area contributed by atoms with Gasteiger partial charge in [-0.05, 0) is 41.2 Å². The first-order valence-corrected chi connectivity index (χ1v) is 16.2. The van der Waals surface area contributed by atoms with Gasteiger partial charge in [0.05, 0.1) is 0 Å². The molecule has 4 aliphatic rings. The van der Waals surface area contributed by atoms with Crippen LogP contribution in [0.25, 0.3) is 11.1 Å². The second-order valence-electron chi connectivity index (χ2n) is 11.6. The predicted octanol–water partition coefficient (Wildman–Crippen LogP) is 3.85. The van der Waals surface area contributed by atoms with E-state index in [0.717, 1.165) is 11.1 Å². The molecule has 2 aliphatic carbocycles. The van der Waals surface area contributed by atoms with E-state index in [-0.39, 0.29) is 42.8 Å². The number of ether oxygens (including phenoxy) is 1. The van der Waals surface area contributed by atoms with Crippen LogP contribution in [0.1, 0.15) is 36.5 Å². The van der Waals surface area contributed by atoms with Crippen LogP contribution in [0.3, 0.4) is 0 Å². The number of fused-ring (bicyclic) bond motifs is 2. The molecule has 2 fully saturated rings. The fraction of sp³-hybridized carbons (Fsp3) is 0.286. The second kappa shape index (κ2) is 14.5. The highest BCUT2D eigenvalue weighted by Crippen LogP contribution is 2.42. The molecule has 2 aromatic carbocycles. The zero-order chi connectivity index (χ0) is 33.6. The Morgan fingerprint density at radius 2 is 1.64 bits per heavy atom. The van der Waals surface area contributed by atoms with Crippen LogP contribution in [0.5, 0.6) is 0 Å². The van der Waals surface area contributed by atoms with Gasteiger partial charge in [-0.3, -0.25) is 14.4 Å². The lowest BCUT2D eigenvalue weighted by Crippen LogP contribution is -2.73. The van der Waals surface area contributed by atoms with Gasteiger partial charge in [0.15, 0.2) is 6.10 Å². The van der Waals surface area contributed by atoms with E-state index < -0.39 is 47.5 Å². The van der Waals surface area contributed by atoms with Crippen LogP contribution in [0.4, 0.5) is 4.79 Å². The molecule has 2 heterocycles. The van der Waals surface area contributed by atoms with Gasteiger partial charge in [0.2, 0.25) is 11.8 Å². The fourth-order valence-electron chi connectivity index (χ4n) is 5.53. The summed E-state index contributed by atoms with van der Waals surface area (Å²) in [6.45, 7) is 3.61. The minimum absolute atomic E-state index is 0.00421. The highest BCUT2D eigenvalue weighted by Gasteiger charge is 2.56. The number of benzene rings is 3.